The second-order valence-electron chi connectivity index (χ2n) is 5.44. The molecule has 0 fully saturated rings. The van der Waals surface area contributed by atoms with Crippen LogP contribution in [-0.4, -0.2) is 20.4 Å². The first-order chi connectivity index (χ1) is 11.1. The summed E-state index contributed by atoms with van der Waals surface area (Å²) in [7, 11) is 0. The molecule has 1 amide bonds. The summed E-state index contributed by atoms with van der Waals surface area (Å²) in [4.78, 5) is 20.4. The predicted molar refractivity (Wildman–Crippen MR) is 88.4 cm³/mol. The number of pyridine rings is 1. The van der Waals surface area contributed by atoms with Crippen molar-refractivity contribution in [3.05, 3.63) is 78.1 Å². The Morgan fingerprint density at radius 3 is 2.57 bits per heavy atom. The quantitative estimate of drug-likeness (QED) is 0.806. The van der Waals surface area contributed by atoms with Gasteiger partial charge >= 0.3 is 0 Å². The first-order valence-electron chi connectivity index (χ1n) is 7.45. The van der Waals surface area contributed by atoms with E-state index in [-0.39, 0.29) is 11.9 Å². The number of benzene rings is 1. The SMILES string of the molecule is Cc1ccc(C(=O)N[C@H](C)c2ccc(-n3ccnc3)cc2)cn1. The van der Waals surface area contributed by atoms with E-state index in [2.05, 4.69) is 15.3 Å². The molecule has 3 aromatic rings. The lowest BCUT2D eigenvalue weighted by atomic mass is 10.1. The fourth-order valence-corrected chi connectivity index (χ4v) is 2.31. The molecule has 0 aliphatic carbocycles. The average Bonchev–Trinajstić information content (AvgIpc) is 3.10. The third kappa shape index (κ3) is 3.45. The summed E-state index contributed by atoms with van der Waals surface area (Å²) in [6.07, 6.45) is 6.99. The Kier molecular flexibility index (Phi) is 4.19. The van der Waals surface area contributed by atoms with Crippen LogP contribution in [0, 0.1) is 6.92 Å². The van der Waals surface area contributed by atoms with Crippen molar-refractivity contribution in [3.8, 4) is 5.69 Å². The molecule has 23 heavy (non-hydrogen) atoms. The fourth-order valence-electron chi connectivity index (χ4n) is 2.31. The van der Waals surface area contributed by atoms with Crippen LogP contribution in [0.25, 0.3) is 5.69 Å². The van der Waals surface area contributed by atoms with Gasteiger partial charge in [0.15, 0.2) is 0 Å². The number of nitrogens with zero attached hydrogens (tertiary/aromatic N) is 3. The van der Waals surface area contributed by atoms with Crippen molar-refractivity contribution in [2.75, 3.05) is 0 Å². The first-order valence-corrected chi connectivity index (χ1v) is 7.45. The van der Waals surface area contributed by atoms with Gasteiger partial charge in [0.1, 0.15) is 0 Å². The van der Waals surface area contributed by atoms with Gasteiger partial charge in [-0.1, -0.05) is 12.1 Å². The second-order valence-corrected chi connectivity index (χ2v) is 5.44. The van der Waals surface area contributed by atoms with Crippen LogP contribution in [0.15, 0.2) is 61.3 Å². The Morgan fingerprint density at radius 2 is 1.96 bits per heavy atom. The molecular weight excluding hydrogens is 288 g/mol. The maximum atomic E-state index is 12.2. The highest BCUT2D eigenvalue weighted by Gasteiger charge is 2.11. The molecule has 3 rings (SSSR count). The number of hydrogen-bond donors (Lipinski definition) is 1. The van der Waals surface area contributed by atoms with Crippen LogP contribution in [0.3, 0.4) is 0 Å². The summed E-state index contributed by atoms with van der Waals surface area (Å²) in [6, 6.07) is 11.6. The summed E-state index contributed by atoms with van der Waals surface area (Å²) in [6.45, 7) is 3.86. The molecule has 116 valence electrons. The largest absolute Gasteiger partial charge is 0.345 e. The number of carbonyl (C=O) groups excluding carboxylic acids is 1. The Hall–Kier alpha value is -2.95. The van der Waals surface area contributed by atoms with Gasteiger partial charge in [-0.05, 0) is 43.7 Å². The average molecular weight is 306 g/mol. The van der Waals surface area contributed by atoms with E-state index in [1.54, 1.807) is 24.8 Å². The van der Waals surface area contributed by atoms with Crippen LogP contribution in [0.4, 0.5) is 0 Å². The predicted octanol–water partition coefficient (Wildman–Crippen LogP) is 3.07. The molecular formula is C18H18N4O. The summed E-state index contributed by atoms with van der Waals surface area (Å²) in [5.74, 6) is -0.122. The second kappa shape index (κ2) is 6.44. The molecule has 0 bridgehead atoms. The third-order valence-electron chi connectivity index (χ3n) is 3.72. The number of aryl methyl sites for hydroxylation is 1. The topological polar surface area (TPSA) is 59.8 Å². The highest BCUT2D eigenvalue weighted by atomic mass is 16.1. The van der Waals surface area contributed by atoms with Gasteiger partial charge < -0.3 is 9.88 Å². The number of rotatable bonds is 4. The molecule has 0 aliphatic heterocycles. The molecule has 2 heterocycles. The van der Waals surface area contributed by atoms with Gasteiger partial charge in [-0.15, -0.1) is 0 Å². The molecule has 0 unspecified atom stereocenters. The molecule has 1 N–H and O–H groups in total. The van der Waals surface area contributed by atoms with Crippen LogP contribution < -0.4 is 5.32 Å². The van der Waals surface area contributed by atoms with E-state index in [9.17, 15) is 4.79 Å². The Morgan fingerprint density at radius 1 is 1.17 bits per heavy atom. The summed E-state index contributed by atoms with van der Waals surface area (Å²) < 4.78 is 1.94. The van der Waals surface area contributed by atoms with Gasteiger partial charge in [-0.2, -0.15) is 0 Å². The van der Waals surface area contributed by atoms with Crippen molar-refractivity contribution in [1.82, 2.24) is 19.9 Å². The highest BCUT2D eigenvalue weighted by molar-refractivity contribution is 5.94. The zero-order valence-corrected chi connectivity index (χ0v) is 13.1. The van der Waals surface area contributed by atoms with Crippen molar-refractivity contribution in [1.29, 1.82) is 0 Å². The Bertz CT molecular complexity index is 777. The minimum absolute atomic E-state index is 0.0827. The molecule has 0 radical (unpaired) electrons. The summed E-state index contributed by atoms with van der Waals surface area (Å²) in [5.41, 5.74) is 3.54. The van der Waals surface area contributed by atoms with E-state index in [1.165, 1.54) is 0 Å². The van der Waals surface area contributed by atoms with Crippen molar-refractivity contribution in [3.63, 3.8) is 0 Å². The molecule has 5 nitrogen and oxygen atoms in total. The molecule has 0 aliphatic rings. The zero-order valence-electron chi connectivity index (χ0n) is 13.1. The smallest absolute Gasteiger partial charge is 0.253 e. The van der Waals surface area contributed by atoms with Crippen LogP contribution in [0.1, 0.15) is 34.6 Å². The zero-order chi connectivity index (χ0) is 16.2. The van der Waals surface area contributed by atoms with Crippen molar-refractivity contribution >= 4 is 5.91 Å². The molecule has 1 atom stereocenters. The van der Waals surface area contributed by atoms with E-state index in [1.807, 2.05) is 54.9 Å². The van der Waals surface area contributed by atoms with Crippen LogP contribution >= 0.6 is 0 Å². The minimum atomic E-state index is -0.122. The van der Waals surface area contributed by atoms with E-state index < -0.39 is 0 Å². The molecule has 0 saturated carbocycles. The maximum Gasteiger partial charge on any atom is 0.253 e. The van der Waals surface area contributed by atoms with Gasteiger partial charge in [-0.25, -0.2) is 4.98 Å². The van der Waals surface area contributed by atoms with E-state index in [4.69, 9.17) is 0 Å². The van der Waals surface area contributed by atoms with Crippen LogP contribution in [0.2, 0.25) is 0 Å². The summed E-state index contributed by atoms with van der Waals surface area (Å²) in [5, 5.41) is 2.99. The van der Waals surface area contributed by atoms with Crippen LogP contribution in [0.5, 0.6) is 0 Å². The first kappa shape index (κ1) is 15.0. The van der Waals surface area contributed by atoms with Crippen molar-refractivity contribution < 1.29 is 4.79 Å². The van der Waals surface area contributed by atoms with Gasteiger partial charge in [0.25, 0.3) is 5.91 Å². The Balaban J connectivity index is 1.69. The number of hydrogen-bond acceptors (Lipinski definition) is 3. The number of carbonyl (C=O) groups is 1. The number of aromatic nitrogens is 3. The normalized spacial score (nSPS) is 11.9. The third-order valence-corrected chi connectivity index (χ3v) is 3.72. The minimum Gasteiger partial charge on any atom is -0.345 e. The molecule has 2 aromatic heterocycles. The number of imidazole rings is 1. The van der Waals surface area contributed by atoms with Gasteiger partial charge in [0.05, 0.1) is 17.9 Å². The fraction of sp³-hybridized carbons (Fsp3) is 0.167. The monoisotopic (exact) mass is 306 g/mol. The lowest BCUT2D eigenvalue weighted by molar-refractivity contribution is 0.0939. The van der Waals surface area contributed by atoms with Crippen molar-refractivity contribution in [2.24, 2.45) is 0 Å². The van der Waals surface area contributed by atoms with Crippen molar-refractivity contribution in [2.45, 2.75) is 19.9 Å². The molecule has 0 saturated heterocycles. The molecule has 1 aromatic carbocycles. The molecule has 5 heteroatoms. The van der Waals surface area contributed by atoms with Gasteiger partial charge in [-0.3, -0.25) is 9.78 Å². The lowest BCUT2D eigenvalue weighted by Crippen LogP contribution is -2.26. The summed E-state index contributed by atoms with van der Waals surface area (Å²) >= 11 is 0. The van der Waals surface area contributed by atoms with Gasteiger partial charge in [0.2, 0.25) is 0 Å². The van der Waals surface area contributed by atoms with Crippen LogP contribution in [-0.2, 0) is 0 Å². The van der Waals surface area contributed by atoms with Gasteiger partial charge in [0, 0.05) is 30.0 Å². The number of nitrogens with one attached hydrogen (secondary N) is 1. The van der Waals surface area contributed by atoms with E-state index in [0.29, 0.717) is 5.56 Å². The van der Waals surface area contributed by atoms with E-state index >= 15 is 0 Å². The number of amides is 1. The Labute approximate surface area is 135 Å². The maximum absolute atomic E-state index is 12.2. The molecule has 0 spiro atoms. The highest BCUT2D eigenvalue weighted by Crippen LogP contribution is 2.16. The lowest BCUT2D eigenvalue weighted by Gasteiger charge is -2.15. The van der Waals surface area contributed by atoms with E-state index in [0.717, 1.165) is 16.9 Å². The standard InChI is InChI=1S/C18H18N4O/c1-13-3-4-16(11-20-13)18(23)21-14(2)15-5-7-17(8-6-15)22-10-9-19-12-22/h3-12,14H,1-2H3,(H,21,23)/t14-/m1/s1.